The van der Waals surface area contributed by atoms with Crippen LogP contribution >= 0.6 is 0 Å². The normalized spacial score (nSPS) is 16.9. The van der Waals surface area contributed by atoms with E-state index in [0.717, 1.165) is 56.5 Å². The van der Waals surface area contributed by atoms with Gasteiger partial charge in [-0.1, -0.05) is 6.07 Å². The van der Waals surface area contributed by atoms with Crippen molar-refractivity contribution in [3.05, 3.63) is 48.0 Å². The van der Waals surface area contributed by atoms with E-state index >= 15 is 0 Å². The molecular formula is C22H27N3O3. The van der Waals surface area contributed by atoms with Crippen molar-refractivity contribution in [2.24, 2.45) is 0 Å². The highest BCUT2D eigenvalue weighted by Gasteiger charge is 2.20. The zero-order chi connectivity index (χ0) is 19.3. The molecule has 0 unspecified atom stereocenters. The molecule has 6 nitrogen and oxygen atoms in total. The summed E-state index contributed by atoms with van der Waals surface area (Å²) in [5.41, 5.74) is 3.65. The highest BCUT2D eigenvalue weighted by molar-refractivity contribution is 6.06. The number of rotatable bonds is 5. The average Bonchev–Trinajstić information content (AvgIpc) is 3.29. The van der Waals surface area contributed by atoms with Crippen molar-refractivity contribution in [1.82, 2.24) is 0 Å². The summed E-state index contributed by atoms with van der Waals surface area (Å²) in [4.78, 5) is 17.6. The van der Waals surface area contributed by atoms with Crippen LogP contribution in [-0.4, -0.2) is 52.4 Å². The number of nitrogens with one attached hydrogen (secondary N) is 1. The first-order valence-corrected chi connectivity index (χ1v) is 9.92. The number of hydrogen-bond acceptors (Lipinski definition) is 5. The summed E-state index contributed by atoms with van der Waals surface area (Å²) < 4.78 is 10.7. The third-order valence-corrected chi connectivity index (χ3v) is 5.38. The average molecular weight is 381 g/mol. The maximum atomic E-state index is 12.9. The number of ether oxygens (including phenoxy) is 2. The summed E-state index contributed by atoms with van der Waals surface area (Å²) in [6, 6.07) is 13.6. The lowest BCUT2D eigenvalue weighted by atomic mass is 10.1. The van der Waals surface area contributed by atoms with Crippen molar-refractivity contribution in [1.29, 1.82) is 0 Å². The first-order chi connectivity index (χ1) is 13.7. The van der Waals surface area contributed by atoms with Crippen molar-refractivity contribution < 1.29 is 14.3 Å². The van der Waals surface area contributed by atoms with E-state index in [2.05, 4.69) is 33.3 Å². The molecule has 0 atom stereocenters. The number of nitrogens with zero attached hydrogens (tertiary/aromatic N) is 2. The highest BCUT2D eigenvalue weighted by Crippen LogP contribution is 2.33. The van der Waals surface area contributed by atoms with Gasteiger partial charge in [0.2, 0.25) is 0 Å². The molecule has 0 bridgehead atoms. The first-order valence-electron chi connectivity index (χ1n) is 9.92. The number of benzene rings is 2. The van der Waals surface area contributed by atoms with Crippen LogP contribution in [0.4, 0.5) is 17.1 Å². The largest absolute Gasteiger partial charge is 0.497 e. The molecule has 0 saturated carbocycles. The fraction of sp³-hybridized carbons (Fsp3) is 0.409. The third kappa shape index (κ3) is 4.07. The van der Waals surface area contributed by atoms with Gasteiger partial charge in [-0.3, -0.25) is 4.79 Å². The predicted molar refractivity (Wildman–Crippen MR) is 112 cm³/mol. The first kappa shape index (κ1) is 18.6. The van der Waals surface area contributed by atoms with Crippen molar-refractivity contribution in [2.45, 2.75) is 12.8 Å². The quantitative estimate of drug-likeness (QED) is 0.860. The van der Waals surface area contributed by atoms with Gasteiger partial charge in [-0.05, 0) is 49.2 Å². The second kappa shape index (κ2) is 8.52. The molecule has 1 amide bonds. The number of hydrogen-bond donors (Lipinski definition) is 1. The smallest absolute Gasteiger partial charge is 0.255 e. The Hall–Kier alpha value is -2.73. The van der Waals surface area contributed by atoms with Gasteiger partial charge in [0.05, 0.1) is 31.7 Å². The molecule has 4 rings (SSSR count). The van der Waals surface area contributed by atoms with Gasteiger partial charge in [-0.2, -0.15) is 0 Å². The molecule has 6 heteroatoms. The highest BCUT2D eigenvalue weighted by atomic mass is 16.5. The number of carbonyl (C=O) groups is 1. The van der Waals surface area contributed by atoms with Gasteiger partial charge in [-0.15, -0.1) is 0 Å². The minimum absolute atomic E-state index is 0.126. The van der Waals surface area contributed by atoms with Gasteiger partial charge in [0.25, 0.3) is 5.91 Å². The topological polar surface area (TPSA) is 54.0 Å². The van der Waals surface area contributed by atoms with Crippen molar-refractivity contribution in [3.63, 3.8) is 0 Å². The Labute approximate surface area is 166 Å². The van der Waals surface area contributed by atoms with Crippen LogP contribution in [0.3, 0.4) is 0 Å². The number of anilines is 3. The molecule has 2 fully saturated rings. The van der Waals surface area contributed by atoms with Gasteiger partial charge in [0.1, 0.15) is 5.75 Å². The molecule has 1 N–H and O–H groups in total. The Bertz CT molecular complexity index is 828. The van der Waals surface area contributed by atoms with Gasteiger partial charge in [0.15, 0.2) is 0 Å². The monoisotopic (exact) mass is 381 g/mol. The summed E-state index contributed by atoms with van der Waals surface area (Å²) in [7, 11) is 1.61. The minimum Gasteiger partial charge on any atom is -0.497 e. The summed E-state index contributed by atoms with van der Waals surface area (Å²) in [6.45, 7) is 5.26. The summed E-state index contributed by atoms with van der Waals surface area (Å²) >= 11 is 0. The Morgan fingerprint density at radius 2 is 1.79 bits per heavy atom. The van der Waals surface area contributed by atoms with Crippen LogP contribution in [-0.2, 0) is 4.74 Å². The van der Waals surface area contributed by atoms with Gasteiger partial charge < -0.3 is 24.6 Å². The van der Waals surface area contributed by atoms with Gasteiger partial charge in [0, 0.05) is 37.4 Å². The lowest BCUT2D eigenvalue weighted by Crippen LogP contribution is -2.36. The van der Waals surface area contributed by atoms with E-state index in [1.165, 1.54) is 12.8 Å². The van der Waals surface area contributed by atoms with Crippen LogP contribution in [0.25, 0.3) is 0 Å². The number of morpholine rings is 1. The van der Waals surface area contributed by atoms with E-state index in [0.29, 0.717) is 11.3 Å². The van der Waals surface area contributed by atoms with Crippen LogP contribution in [0.15, 0.2) is 42.5 Å². The molecule has 2 aromatic carbocycles. The molecular weight excluding hydrogens is 354 g/mol. The number of amides is 1. The third-order valence-electron chi connectivity index (χ3n) is 5.38. The molecule has 0 aliphatic carbocycles. The second-order valence-electron chi connectivity index (χ2n) is 7.18. The number of carbonyl (C=O) groups excluding carboxylic acids is 1. The van der Waals surface area contributed by atoms with Crippen molar-refractivity contribution in [3.8, 4) is 5.75 Å². The molecule has 0 radical (unpaired) electrons. The van der Waals surface area contributed by atoms with Gasteiger partial charge in [-0.25, -0.2) is 0 Å². The van der Waals surface area contributed by atoms with E-state index in [9.17, 15) is 4.79 Å². The standard InChI is InChI=1S/C22H27N3O3/c1-27-19-6-4-5-17(15-19)22(26)23-20-16-18(24-11-13-28-14-12-24)7-8-21(20)25-9-2-3-10-25/h4-8,15-16H,2-3,9-14H2,1H3,(H,23,26). The molecule has 2 heterocycles. The lowest BCUT2D eigenvalue weighted by Gasteiger charge is -2.30. The van der Waals surface area contributed by atoms with E-state index in [-0.39, 0.29) is 5.91 Å². The Balaban J connectivity index is 1.62. The van der Waals surface area contributed by atoms with E-state index in [4.69, 9.17) is 9.47 Å². The Kier molecular flexibility index (Phi) is 5.67. The molecule has 0 aromatic heterocycles. The molecule has 2 aromatic rings. The van der Waals surface area contributed by atoms with Crippen LogP contribution < -0.4 is 19.9 Å². The second-order valence-corrected chi connectivity index (χ2v) is 7.18. The van der Waals surface area contributed by atoms with Gasteiger partial charge >= 0.3 is 0 Å². The molecule has 2 aliphatic heterocycles. The minimum atomic E-state index is -0.126. The maximum absolute atomic E-state index is 12.9. The van der Waals surface area contributed by atoms with E-state index in [1.54, 1.807) is 19.2 Å². The fourth-order valence-corrected chi connectivity index (χ4v) is 3.83. The molecule has 28 heavy (non-hydrogen) atoms. The van der Waals surface area contributed by atoms with Crippen LogP contribution in [0.2, 0.25) is 0 Å². The maximum Gasteiger partial charge on any atom is 0.255 e. The fourth-order valence-electron chi connectivity index (χ4n) is 3.83. The molecule has 2 saturated heterocycles. The molecule has 0 spiro atoms. The zero-order valence-corrected chi connectivity index (χ0v) is 16.3. The van der Waals surface area contributed by atoms with Crippen LogP contribution in [0, 0.1) is 0 Å². The number of methoxy groups -OCH3 is 1. The SMILES string of the molecule is COc1cccc(C(=O)Nc2cc(N3CCOCC3)ccc2N2CCCC2)c1. The lowest BCUT2D eigenvalue weighted by molar-refractivity contribution is 0.102. The molecule has 148 valence electrons. The van der Waals surface area contributed by atoms with E-state index in [1.807, 2.05) is 12.1 Å². The van der Waals surface area contributed by atoms with Crippen molar-refractivity contribution in [2.75, 3.05) is 61.6 Å². The summed E-state index contributed by atoms with van der Waals surface area (Å²) in [5.74, 6) is 0.549. The Morgan fingerprint density at radius 1 is 1.00 bits per heavy atom. The van der Waals surface area contributed by atoms with Crippen LogP contribution in [0.5, 0.6) is 5.75 Å². The van der Waals surface area contributed by atoms with Crippen LogP contribution in [0.1, 0.15) is 23.2 Å². The summed E-state index contributed by atoms with van der Waals surface area (Å²) in [5, 5.41) is 3.14. The van der Waals surface area contributed by atoms with E-state index < -0.39 is 0 Å². The van der Waals surface area contributed by atoms with Crippen molar-refractivity contribution >= 4 is 23.0 Å². The predicted octanol–water partition coefficient (Wildman–Crippen LogP) is 3.38. The molecule has 2 aliphatic rings. The zero-order valence-electron chi connectivity index (χ0n) is 16.3. The Morgan fingerprint density at radius 3 is 2.54 bits per heavy atom. The summed E-state index contributed by atoms with van der Waals surface area (Å²) in [6.07, 6.45) is 2.38.